The molecule has 0 unspecified atom stereocenters. The molecule has 1 aromatic rings. The summed E-state index contributed by atoms with van der Waals surface area (Å²) in [5.74, 6) is 1.65. The second-order valence-corrected chi connectivity index (χ2v) is 9.11. The number of halogens is 1. The van der Waals surface area contributed by atoms with Crippen molar-refractivity contribution in [2.24, 2.45) is 11.8 Å². The minimum Gasteiger partial charge on any atom is -0.351 e. The summed E-state index contributed by atoms with van der Waals surface area (Å²) in [4.78, 5) is 19.0. The van der Waals surface area contributed by atoms with Crippen LogP contribution in [0.4, 0.5) is 0 Å². The largest absolute Gasteiger partial charge is 0.351 e. The predicted octanol–water partition coefficient (Wildman–Crippen LogP) is 3.39. The Bertz CT molecular complexity index is 610. The second kappa shape index (κ2) is 10.6. The zero-order valence-electron chi connectivity index (χ0n) is 17.6. The van der Waals surface area contributed by atoms with Gasteiger partial charge < -0.3 is 10.6 Å². The molecule has 2 aliphatic rings. The van der Waals surface area contributed by atoms with Crippen LogP contribution in [0, 0.1) is 11.8 Å². The fraction of sp³-hybridized carbons (Fsp3) is 0.727. The molecule has 3 atom stereocenters. The molecule has 2 N–H and O–H groups in total. The highest BCUT2D eigenvalue weighted by molar-refractivity contribution is 5.85. The molecular weight excluding hydrogens is 372 g/mol. The number of piperidine rings is 2. The van der Waals surface area contributed by atoms with Crippen LogP contribution in [0.1, 0.15) is 58.4 Å². The molecule has 0 aromatic carbocycles. The number of carbonyl (C=O) groups excluding carboxylic acids is 1. The number of carbonyl (C=O) groups is 1. The zero-order valence-corrected chi connectivity index (χ0v) is 18.4. The molecule has 2 aliphatic heterocycles. The maximum Gasteiger partial charge on any atom is 0.220 e. The number of likely N-dealkylation sites (tertiary alicyclic amines) is 1. The lowest BCUT2D eigenvalue weighted by Gasteiger charge is -2.46. The first kappa shape index (κ1) is 23.1. The van der Waals surface area contributed by atoms with Crippen molar-refractivity contribution in [3.05, 3.63) is 30.1 Å². The first-order chi connectivity index (χ1) is 12.9. The SMILES string of the molecule is CCC(C)(C)NC(=O)CCC[C@H]1NC[C@@H]2C[C@@H]1CN(Cc1cccnc1)C2.Cl. The summed E-state index contributed by atoms with van der Waals surface area (Å²) in [5.41, 5.74) is 1.21. The lowest BCUT2D eigenvalue weighted by atomic mass is 9.79. The van der Waals surface area contributed by atoms with E-state index in [-0.39, 0.29) is 23.9 Å². The number of hydrogen-bond acceptors (Lipinski definition) is 4. The highest BCUT2D eigenvalue weighted by atomic mass is 35.5. The van der Waals surface area contributed by atoms with Gasteiger partial charge in [-0.2, -0.15) is 0 Å². The van der Waals surface area contributed by atoms with Crippen molar-refractivity contribution in [2.75, 3.05) is 19.6 Å². The van der Waals surface area contributed by atoms with Crippen LogP contribution in [-0.2, 0) is 11.3 Å². The molecule has 28 heavy (non-hydrogen) atoms. The van der Waals surface area contributed by atoms with Gasteiger partial charge in [-0.1, -0.05) is 13.0 Å². The van der Waals surface area contributed by atoms with Gasteiger partial charge in [0.2, 0.25) is 5.91 Å². The molecule has 2 fully saturated rings. The van der Waals surface area contributed by atoms with Crippen molar-refractivity contribution in [3.8, 4) is 0 Å². The topological polar surface area (TPSA) is 57.3 Å². The van der Waals surface area contributed by atoms with E-state index in [1.165, 1.54) is 18.5 Å². The normalized spacial score (nSPS) is 25.0. The summed E-state index contributed by atoms with van der Waals surface area (Å²) in [6, 6.07) is 4.74. The molecule has 2 saturated heterocycles. The van der Waals surface area contributed by atoms with Gasteiger partial charge in [0.25, 0.3) is 0 Å². The van der Waals surface area contributed by atoms with E-state index < -0.39 is 0 Å². The van der Waals surface area contributed by atoms with Gasteiger partial charge in [-0.15, -0.1) is 12.4 Å². The van der Waals surface area contributed by atoms with E-state index in [9.17, 15) is 4.79 Å². The second-order valence-electron chi connectivity index (χ2n) is 9.11. The Kier molecular flexibility index (Phi) is 8.72. The molecule has 1 amide bonds. The average molecular weight is 409 g/mol. The Balaban J connectivity index is 0.00000280. The first-order valence-electron chi connectivity index (χ1n) is 10.6. The summed E-state index contributed by atoms with van der Waals surface area (Å²) in [7, 11) is 0. The summed E-state index contributed by atoms with van der Waals surface area (Å²) in [6.45, 7) is 10.7. The van der Waals surface area contributed by atoms with Crippen molar-refractivity contribution in [1.82, 2.24) is 20.5 Å². The third-order valence-electron chi connectivity index (χ3n) is 6.29. The standard InChI is InChI=1S/C22H36N4O.ClH/c1-4-22(2,3)25-21(27)9-5-8-20-19-11-18(13-24-20)15-26(16-19)14-17-7-6-10-23-12-17;/h6-7,10,12,18-20,24H,4-5,8-9,11,13-16H2,1-3H3,(H,25,27);1H/t18-,19+,20+;/m0./s1. The van der Waals surface area contributed by atoms with Crippen molar-refractivity contribution in [3.63, 3.8) is 0 Å². The molecule has 1 aromatic heterocycles. The van der Waals surface area contributed by atoms with Crippen molar-refractivity contribution in [2.45, 2.75) is 71.0 Å². The molecule has 2 bridgehead atoms. The minimum absolute atomic E-state index is 0. The molecule has 3 rings (SSSR count). The van der Waals surface area contributed by atoms with Gasteiger partial charge in [0.1, 0.15) is 0 Å². The molecule has 0 radical (unpaired) electrons. The fourth-order valence-corrected chi connectivity index (χ4v) is 4.50. The number of pyridine rings is 1. The Morgan fingerprint density at radius 3 is 2.93 bits per heavy atom. The smallest absolute Gasteiger partial charge is 0.220 e. The number of fused-ring (bicyclic) bond motifs is 2. The molecule has 0 saturated carbocycles. The van der Waals surface area contributed by atoms with Gasteiger partial charge in [-0.3, -0.25) is 14.7 Å². The van der Waals surface area contributed by atoms with Crippen LogP contribution in [0.25, 0.3) is 0 Å². The summed E-state index contributed by atoms with van der Waals surface area (Å²) < 4.78 is 0. The minimum atomic E-state index is -0.0937. The number of nitrogens with zero attached hydrogens (tertiary/aromatic N) is 2. The van der Waals surface area contributed by atoms with Crippen LogP contribution in [0.2, 0.25) is 0 Å². The lowest BCUT2D eigenvalue weighted by molar-refractivity contribution is -0.122. The van der Waals surface area contributed by atoms with Gasteiger partial charge in [0.05, 0.1) is 0 Å². The monoisotopic (exact) mass is 408 g/mol. The van der Waals surface area contributed by atoms with Crippen LogP contribution >= 0.6 is 12.4 Å². The third kappa shape index (κ3) is 6.71. The Labute approximate surface area is 176 Å². The van der Waals surface area contributed by atoms with Gasteiger partial charge in [0, 0.05) is 50.0 Å². The number of amides is 1. The summed E-state index contributed by atoms with van der Waals surface area (Å²) in [6.07, 6.45) is 8.81. The highest BCUT2D eigenvalue weighted by Crippen LogP contribution is 2.31. The van der Waals surface area contributed by atoms with E-state index in [2.05, 4.69) is 47.4 Å². The molecule has 5 nitrogen and oxygen atoms in total. The average Bonchev–Trinajstić information content (AvgIpc) is 2.64. The number of rotatable bonds is 8. The fourth-order valence-electron chi connectivity index (χ4n) is 4.50. The van der Waals surface area contributed by atoms with Gasteiger partial charge in [-0.25, -0.2) is 0 Å². The quantitative estimate of drug-likeness (QED) is 0.692. The Hall–Kier alpha value is -1.17. The maximum absolute atomic E-state index is 12.2. The van der Waals surface area contributed by atoms with E-state index in [0.29, 0.717) is 18.4 Å². The lowest BCUT2D eigenvalue weighted by Crippen LogP contribution is -2.55. The van der Waals surface area contributed by atoms with Gasteiger partial charge >= 0.3 is 0 Å². The molecule has 0 aliphatic carbocycles. The Morgan fingerprint density at radius 1 is 1.39 bits per heavy atom. The van der Waals surface area contributed by atoms with Crippen LogP contribution in [0.15, 0.2) is 24.5 Å². The first-order valence-corrected chi connectivity index (χ1v) is 10.6. The van der Waals surface area contributed by atoms with Crippen molar-refractivity contribution in [1.29, 1.82) is 0 Å². The van der Waals surface area contributed by atoms with E-state index in [1.54, 1.807) is 0 Å². The third-order valence-corrected chi connectivity index (χ3v) is 6.29. The van der Waals surface area contributed by atoms with E-state index in [1.807, 2.05) is 18.5 Å². The molecular formula is C22H37ClN4O. The van der Waals surface area contributed by atoms with Crippen LogP contribution in [0.5, 0.6) is 0 Å². The van der Waals surface area contributed by atoms with Crippen LogP contribution < -0.4 is 10.6 Å². The molecule has 158 valence electrons. The van der Waals surface area contributed by atoms with E-state index >= 15 is 0 Å². The van der Waals surface area contributed by atoms with Crippen molar-refractivity contribution < 1.29 is 4.79 Å². The molecule has 6 heteroatoms. The number of aromatic nitrogens is 1. The molecule has 3 heterocycles. The highest BCUT2D eigenvalue weighted by Gasteiger charge is 2.36. The summed E-state index contributed by atoms with van der Waals surface area (Å²) >= 11 is 0. The van der Waals surface area contributed by atoms with Crippen LogP contribution in [0.3, 0.4) is 0 Å². The predicted molar refractivity (Wildman–Crippen MR) is 117 cm³/mol. The number of hydrogen-bond donors (Lipinski definition) is 2. The van der Waals surface area contributed by atoms with E-state index in [0.717, 1.165) is 44.8 Å². The number of nitrogens with one attached hydrogen (secondary N) is 2. The van der Waals surface area contributed by atoms with Gasteiger partial charge in [-0.05, 0) is 69.5 Å². The Morgan fingerprint density at radius 2 is 2.21 bits per heavy atom. The van der Waals surface area contributed by atoms with Crippen LogP contribution in [-0.4, -0.2) is 47.0 Å². The zero-order chi connectivity index (χ0) is 19.3. The molecule has 0 spiro atoms. The maximum atomic E-state index is 12.2. The summed E-state index contributed by atoms with van der Waals surface area (Å²) in [5, 5.41) is 6.92. The van der Waals surface area contributed by atoms with E-state index in [4.69, 9.17) is 0 Å². The van der Waals surface area contributed by atoms with Gasteiger partial charge in [0.15, 0.2) is 0 Å². The van der Waals surface area contributed by atoms with Crippen molar-refractivity contribution >= 4 is 18.3 Å².